The van der Waals surface area contributed by atoms with Gasteiger partial charge in [-0.1, -0.05) is 6.58 Å². The molecule has 1 aromatic carbocycles. The first-order valence-corrected chi connectivity index (χ1v) is 6.56. The van der Waals surface area contributed by atoms with Crippen molar-refractivity contribution in [2.75, 3.05) is 13.0 Å². The van der Waals surface area contributed by atoms with E-state index in [4.69, 9.17) is 9.47 Å². The maximum Gasteiger partial charge on any atom is 0.231 e. The Morgan fingerprint density at radius 2 is 2.22 bits per heavy atom. The van der Waals surface area contributed by atoms with Crippen LogP contribution in [0.25, 0.3) is 0 Å². The minimum atomic E-state index is -0.152. The summed E-state index contributed by atoms with van der Waals surface area (Å²) in [6.45, 7) is 3.50. The van der Waals surface area contributed by atoms with E-state index < -0.39 is 0 Å². The van der Waals surface area contributed by atoms with Crippen molar-refractivity contribution in [3.63, 3.8) is 0 Å². The lowest BCUT2D eigenvalue weighted by Crippen LogP contribution is -2.52. The fourth-order valence-corrected chi connectivity index (χ4v) is 2.56. The van der Waals surface area contributed by atoms with Crippen LogP contribution in [0.3, 0.4) is 0 Å². The van der Waals surface area contributed by atoms with Gasteiger partial charge in [0.1, 0.15) is 5.75 Å². The molecule has 96 valence electrons. The molecule has 0 aliphatic carbocycles. The molecule has 2 rings (SSSR count). The van der Waals surface area contributed by atoms with E-state index in [0.29, 0.717) is 12.3 Å². The molecule has 1 heterocycles. The third-order valence-corrected chi connectivity index (χ3v) is 3.71. The summed E-state index contributed by atoms with van der Waals surface area (Å²) in [5.41, 5.74) is 0. The number of hydrogen-bond donors (Lipinski definition) is 0. The molecule has 0 aromatic heterocycles. The van der Waals surface area contributed by atoms with Gasteiger partial charge in [-0.15, -0.1) is 11.8 Å². The van der Waals surface area contributed by atoms with Crippen molar-refractivity contribution in [2.45, 2.75) is 17.5 Å². The molecule has 0 radical (unpaired) electrons. The lowest BCUT2D eigenvalue weighted by molar-refractivity contribution is -0.162. The van der Waals surface area contributed by atoms with Crippen LogP contribution in [0.15, 0.2) is 42.0 Å². The molecule has 1 aliphatic rings. The van der Waals surface area contributed by atoms with Crippen LogP contribution in [0.4, 0.5) is 0 Å². The number of rotatable bonds is 6. The summed E-state index contributed by atoms with van der Waals surface area (Å²) in [7, 11) is 1.64. The van der Waals surface area contributed by atoms with Gasteiger partial charge in [-0.2, -0.15) is 0 Å². The number of benzene rings is 1. The molecule has 4 nitrogen and oxygen atoms in total. The Kier molecular flexibility index (Phi) is 4.15. The van der Waals surface area contributed by atoms with Crippen molar-refractivity contribution >= 4 is 17.7 Å². The molecule has 1 fully saturated rings. The molecule has 1 aromatic rings. The lowest BCUT2D eigenvalue weighted by Gasteiger charge is -2.38. The molecule has 1 saturated heterocycles. The number of methoxy groups -OCH3 is 1. The van der Waals surface area contributed by atoms with E-state index >= 15 is 0 Å². The van der Waals surface area contributed by atoms with Crippen molar-refractivity contribution in [1.82, 2.24) is 4.90 Å². The molecule has 1 atom stereocenters. The van der Waals surface area contributed by atoms with E-state index in [9.17, 15) is 4.79 Å². The summed E-state index contributed by atoms with van der Waals surface area (Å²) in [5, 5.41) is 0. The molecule has 0 spiro atoms. The minimum absolute atomic E-state index is 0.114. The highest BCUT2D eigenvalue weighted by Gasteiger charge is 2.36. The standard InChI is InChI=1S/C13H15NO3S/c1-3-17-13-8-12(15)14(13)9-18-11-6-4-10(16-2)5-7-11/h3-7,13H,1,8-9H2,2H3. The molecule has 0 saturated carbocycles. The number of thioether (sulfide) groups is 1. The predicted molar refractivity (Wildman–Crippen MR) is 70.3 cm³/mol. The first kappa shape index (κ1) is 12.8. The minimum Gasteiger partial charge on any atom is -0.497 e. The molecule has 0 bridgehead atoms. The average molecular weight is 265 g/mol. The first-order chi connectivity index (χ1) is 8.74. The molecular weight excluding hydrogens is 250 g/mol. The van der Waals surface area contributed by atoms with Crippen LogP contribution in [0.2, 0.25) is 0 Å². The highest BCUT2D eigenvalue weighted by atomic mass is 32.2. The SMILES string of the molecule is C=COC1CC(=O)N1CSc1ccc(OC)cc1. The van der Waals surface area contributed by atoms with Gasteiger partial charge >= 0.3 is 0 Å². The van der Waals surface area contributed by atoms with Gasteiger partial charge in [0, 0.05) is 4.90 Å². The van der Waals surface area contributed by atoms with E-state index in [2.05, 4.69) is 6.58 Å². The van der Waals surface area contributed by atoms with Crippen molar-refractivity contribution in [1.29, 1.82) is 0 Å². The first-order valence-electron chi connectivity index (χ1n) is 5.57. The zero-order valence-corrected chi connectivity index (χ0v) is 11.0. The molecular formula is C13H15NO3S. The van der Waals surface area contributed by atoms with E-state index in [1.54, 1.807) is 23.8 Å². The number of β-lactam (4-membered cyclic amide) rings is 1. The molecule has 1 amide bonds. The quantitative estimate of drug-likeness (QED) is 0.450. The van der Waals surface area contributed by atoms with E-state index in [-0.39, 0.29) is 12.1 Å². The molecule has 5 heteroatoms. The van der Waals surface area contributed by atoms with Gasteiger partial charge in [-0.25, -0.2) is 0 Å². The second-order valence-corrected chi connectivity index (χ2v) is 4.79. The van der Waals surface area contributed by atoms with Gasteiger partial charge in [0.15, 0.2) is 6.23 Å². The van der Waals surface area contributed by atoms with Crippen LogP contribution < -0.4 is 4.74 Å². The van der Waals surface area contributed by atoms with Crippen LogP contribution in [0, 0.1) is 0 Å². The predicted octanol–water partition coefficient (Wildman–Crippen LogP) is 2.46. The van der Waals surface area contributed by atoms with E-state index in [1.807, 2.05) is 24.3 Å². The van der Waals surface area contributed by atoms with Gasteiger partial charge in [0.05, 0.1) is 25.7 Å². The number of carbonyl (C=O) groups excluding carboxylic acids is 1. The normalized spacial score (nSPS) is 18.2. The summed E-state index contributed by atoms with van der Waals surface area (Å²) >= 11 is 1.59. The number of carbonyl (C=O) groups is 1. The van der Waals surface area contributed by atoms with Crippen LogP contribution in [0.5, 0.6) is 5.75 Å². The summed E-state index contributed by atoms with van der Waals surface area (Å²) in [5.74, 6) is 1.53. The monoisotopic (exact) mass is 265 g/mol. The topological polar surface area (TPSA) is 38.8 Å². The van der Waals surface area contributed by atoms with Crippen LogP contribution in [0.1, 0.15) is 6.42 Å². The van der Waals surface area contributed by atoms with E-state index in [0.717, 1.165) is 10.6 Å². The highest BCUT2D eigenvalue weighted by molar-refractivity contribution is 7.99. The third-order valence-electron chi connectivity index (χ3n) is 2.70. The maximum absolute atomic E-state index is 11.4. The summed E-state index contributed by atoms with van der Waals surface area (Å²) in [6.07, 6.45) is 1.66. The van der Waals surface area contributed by atoms with Crippen molar-refractivity contribution in [3.8, 4) is 5.75 Å². The van der Waals surface area contributed by atoms with Crippen LogP contribution >= 0.6 is 11.8 Å². The third kappa shape index (κ3) is 2.79. The van der Waals surface area contributed by atoms with Gasteiger partial charge in [0.2, 0.25) is 5.91 Å². The number of nitrogens with zero attached hydrogens (tertiary/aromatic N) is 1. The molecule has 1 unspecified atom stereocenters. The Balaban J connectivity index is 1.86. The number of amides is 1. The van der Waals surface area contributed by atoms with Crippen molar-refractivity contribution < 1.29 is 14.3 Å². The number of likely N-dealkylation sites (tertiary alicyclic amines) is 1. The lowest BCUT2D eigenvalue weighted by atomic mass is 10.2. The Bertz CT molecular complexity index is 430. The van der Waals surface area contributed by atoms with Crippen molar-refractivity contribution in [2.24, 2.45) is 0 Å². The maximum atomic E-state index is 11.4. The fourth-order valence-electron chi connectivity index (χ4n) is 1.63. The Labute approximate surface area is 111 Å². The number of hydrogen-bond acceptors (Lipinski definition) is 4. The Morgan fingerprint density at radius 1 is 1.50 bits per heavy atom. The van der Waals surface area contributed by atoms with Crippen LogP contribution in [-0.2, 0) is 9.53 Å². The summed E-state index contributed by atoms with van der Waals surface area (Å²) < 4.78 is 10.3. The average Bonchev–Trinajstić information content (AvgIpc) is 2.39. The molecule has 18 heavy (non-hydrogen) atoms. The van der Waals surface area contributed by atoms with Gasteiger partial charge < -0.3 is 9.47 Å². The zero-order valence-electron chi connectivity index (χ0n) is 10.2. The smallest absolute Gasteiger partial charge is 0.231 e. The second-order valence-electron chi connectivity index (χ2n) is 3.77. The second kappa shape index (κ2) is 5.82. The zero-order chi connectivity index (χ0) is 13.0. The summed E-state index contributed by atoms with van der Waals surface area (Å²) in [6, 6.07) is 7.74. The van der Waals surface area contributed by atoms with Crippen molar-refractivity contribution in [3.05, 3.63) is 37.1 Å². The van der Waals surface area contributed by atoms with Gasteiger partial charge in [-0.3, -0.25) is 9.69 Å². The van der Waals surface area contributed by atoms with E-state index in [1.165, 1.54) is 6.26 Å². The Hall–Kier alpha value is -1.62. The fraction of sp³-hybridized carbons (Fsp3) is 0.308. The molecule has 1 aliphatic heterocycles. The largest absolute Gasteiger partial charge is 0.497 e. The Morgan fingerprint density at radius 3 is 2.78 bits per heavy atom. The summed E-state index contributed by atoms with van der Waals surface area (Å²) in [4.78, 5) is 14.2. The van der Waals surface area contributed by atoms with Gasteiger partial charge in [0.25, 0.3) is 0 Å². The van der Waals surface area contributed by atoms with Gasteiger partial charge in [-0.05, 0) is 24.3 Å². The highest BCUT2D eigenvalue weighted by Crippen LogP contribution is 2.28. The number of ether oxygens (including phenoxy) is 2. The molecule has 0 N–H and O–H groups in total. The van der Waals surface area contributed by atoms with Crippen LogP contribution in [-0.4, -0.2) is 30.0 Å².